The number of hydrogen-bond donors (Lipinski definition) is 2. The van der Waals surface area contributed by atoms with Gasteiger partial charge in [-0.2, -0.15) is 0 Å². The number of allylic oxidation sites excluding steroid dienone is 1. The number of thiazole rings is 1. The second kappa shape index (κ2) is 21.8. The van der Waals surface area contributed by atoms with Crippen molar-refractivity contribution in [3.05, 3.63) is 92.9 Å². The first-order valence-corrected chi connectivity index (χ1v) is 22.5. The number of piperazine rings is 1. The van der Waals surface area contributed by atoms with Crippen LogP contribution in [0.2, 0.25) is 5.02 Å². The highest BCUT2D eigenvalue weighted by molar-refractivity contribution is 7.84. The van der Waals surface area contributed by atoms with Crippen LogP contribution in [0.3, 0.4) is 0 Å². The van der Waals surface area contributed by atoms with Gasteiger partial charge in [0.15, 0.2) is 0 Å². The fourth-order valence-electron chi connectivity index (χ4n) is 8.26. The Hall–Kier alpha value is -2.64. The molecule has 7 rings (SSSR count). The third kappa shape index (κ3) is 12.4. The molecule has 1 saturated carbocycles. The minimum Gasteiger partial charge on any atom is -0.493 e. The number of likely N-dealkylation sites (N-methyl/N-ethyl adjacent to an activating group) is 1. The Morgan fingerprint density at radius 1 is 1.04 bits per heavy atom. The van der Waals surface area contributed by atoms with E-state index in [1.807, 2.05) is 30.6 Å². The maximum absolute atomic E-state index is 13.3. The molecular formula is C43H62ClN5O4S2. The van der Waals surface area contributed by atoms with Crippen LogP contribution in [-0.2, 0) is 24.0 Å². The van der Waals surface area contributed by atoms with Crippen LogP contribution in [0.1, 0.15) is 79.6 Å². The molecule has 2 N–H and O–H groups in total. The monoisotopic (exact) mass is 811 g/mol. The van der Waals surface area contributed by atoms with E-state index in [0.29, 0.717) is 35.7 Å². The number of ether oxygens (including phenoxy) is 1. The highest BCUT2D eigenvalue weighted by Crippen LogP contribution is 2.42. The van der Waals surface area contributed by atoms with Crippen LogP contribution in [-0.4, -0.2) is 107 Å². The lowest BCUT2D eigenvalue weighted by atomic mass is 9.66. The van der Waals surface area contributed by atoms with Gasteiger partial charge < -0.3 is 19.6 Å². The van der Waals surface area contributed by atoms with E-state index in [0.717, 1.165) is 83.8 Å². The van der Waals surface area contributed by atoms with E-state index in [4.69, 9.17) is 21.4 Å². The van der Waals surface area contributed by atoms with Gasteiger partial charge in [-0.15, -0.1) is 11.3 Å². The van der Waals surface area contributed by atoms with E-state index >= 15 is 0 Å². The summed E-state index contributed by atoms with van der Waals surface area (Å²) < 4.78 is 22.5. The van der Waals surface area contributed by atoms with Gasteiger partial charge in [-0.25, -0.2) is 9.19 Å². The van der Waals surface area contributed by atoms with Crippen molar-refractivity contribution >= 4 is 39.8 Å². The lowest BCUT2D eigenvalue weighted by Crippen LogP contribution is -2.49. The first kappa shape index (κ1) is 43.5. The number of rotatable bonds is 7. The highest BCUT2D eigenvalue weighted by Gasteiger charge is 2.38. The predicted octanol–water partition coefficient (Wildman–Crippen LogP) is 7.29. The number of aryl methyl sites for hydroxylation is 1. The number of nitrogens with zero attached hydrogens (tertiary/aromatic N) is 4. The molecule has 2 fully saturated rings. The summed E-state index contributed by atoms with van der Waals surface area (Å²) in [5.41, 5.74) is 6.15. The maximum atomic E-state index is 13.3. The van der Waals surface area contributed by atoms with Gasteiger partial charge >= 0.3 is 0 Å². The number of fused-ring (bicyclic) bond motifs is 14. The Kier molecular flexibility index (Phi) is 17.2. The second-order valence-corrected chi connectivity index (χ2v) is 18.3. The van der Waals surface area contributed by atoms with Crippen LogP contribution in [0, 0.1) is 23.7 Å². The molecule has 0 radical (unpaired) electrons. The van der Waals surface area contributed by atoms with Crippen LogP contribution in [0.15, 0.2) is 65.5 Å². The summed E-state index contributed by atoms with van der Waals surface area (Å²) in [4.78, 5) is 25.4. The summed E-state index contributed by atoms with van der Waals surface area (Å²) in [7, 11) is 1.77. The van der Waals surface area contributed by atoms with Crippen LogP contribution < -0.4 is 9.46 Å². The molecule has 9 nitrogen and oxygen atoms in total. The summed E-state index contributed by atoms with van der Waals surface area (Å²) >= 11 is 8.17. The Morgan fingerprint density at radius 3 is 2.45 bits per heavy atom. The molecule has 1 amide bonds. The predicted molar refractivity (Wildman–Crippen MR) is 227 cm³/mol. The van der Waals surface area contributed by atoms with Crippen molar-refractivity contribution in [3.8, 4) is 5.75 Å². The SMILES string of the molecule is CCCc1cc(Cl)ccc1C1COc2ccc(cc2)C(=O)NS(=O)C(C)C(C)C/C=C/C(CN2CCN(Cc3cscn3)CC2)C2CCC2CN(C)C1.CO. The van der Waals surface area contributed by atoms with Gasteiger partial charge in [-0.05, 0) is 111 Å². The molecule has 2 bridgehead atoms. The van der Waals surface area contributed by atoms with Crippen molar-refractivity contribution in [2.75, 3.05) is 66.6 Å². The molecule has 3 aromatic rings. The molecule has 7 atom stereocenters. The van der Waals surface area contributed by atoms with Crippen LogP contribution in [0.25, 0.3) is 0 Å². The van der Waals surface area contributed by atoms with Gasteiger partial charge in [0.25, 0.3) is 5.91 Å². The first-order chi connectivity index (χ1) is 26.7. The number of nitrogens with one attached hydrogen (secondary N) is 1. The summed E-state index contributed by atoms with van der Waals surface area (Å²) in [6.45, 7) is 15.0. The van der Waals surface area contributed by atoms with E-state index in [2.05, 4.69) is 75.0 Å². The van der Waals surface area contributed by atoms with Crippen LogP contribution in [0.5, 0.6) is 5.75 Å². The van der Waals surface area contributed by atoms with E-state index in [1.165, 1.54) is 29.7 Å². The van der Waals surface area contributed by atoms with Gasteiger partial charge in [-0.3, -0.25) is 14.4 Å². The summed E-state index contributed by atoms with van der Waals surface area (Å²) in [6, 6.07) is 13.5. The van der Waals surface area contributed by atoms with Gasteiger partial charge in [0.2, 0.25) is 0 Å². The lowest BCUT2D eigenvalue weighted by Gasteiger charge is -2.45. The normalized spacial score (nSPS) is 28.3. The van der Waals surface area contributed by atoms with E-state index in [-0.39, 0.29) is 23.0 Å². The molecule has 3 aliphatic heterocycles. The number of carbonyl (C=O) groups excluding carboxylic acids is 1. The Bertz CT molecular complexity index is 1670. The molecule has 302 valence electrons. The average Bonchev–Trinajstić information content (AvgIpc) is 3.69. The molecule has 1 saturated heterocycles. The fraction of sp³-hybridized carbons (Fsp3) is 0.581. The number of amides is 1. The second-order valence-electron chi connectivity index (χ2n) is 15.6. The van der Waals surface area contributed by atoms with E-state index in [1.54, 1.807) is 23.5 Å². The maximum Gasteiger partial charge on any atom is 0.262 e. The topological polar surface area (TPSA) is 98.2 Å². The summed E-state index contributed by atoms with van der Waals surface area (Å²) in [5.74, 6) is 2.39. The van der Waals surface area contributed by atoms with Crippen molar-refractivity contribution in [2.45, 2.75) is 70.6 Å². The molecule has 1 aromatic heterocycles. The van der Waals surface area contributed by atoms with Gasteiger partial charge in [0.1, 0.15) is 16.7 Å². The highest BCUT2D eigenvalue weighted by atomic mass is 35.5. The molecule has 4 heterocycles. The molecule has 7 unspecified atom stereocenters. The largest absolute Gasteiger partial charge is 0.493 e. The van der Waals surface area contributed by atoms with Gasteiger partial charge in [0, 0.05) is 81.4 Å². The van der Waals surface area contributed by atoms with Crippen molar-refractivity contribution in [2.24, 2.45) is 23.7 Å². The third-order valence-electron chi connectivity index (χ3n) is 11.8. The van der Waals surface area contributed by atoms with Crippen molar-refractivity contribution in [3.63, 3.8) is 0 Å². The lowest BCUT2D eigenvalue weighted by molar-refractivity contribution is 0.0522. The van der Waals surface area contributed by atoms with E-state index in [9.17, 15) is 9.00 Å². The molecule has 2 aromatic carbocycles. The van der Waals surface area contributed by atoms with Crippen LogP contribution >= 0.6 is 22.9 Å². The summed E-state index contributed by atoms with van der Waals surface area (Å²) in [6.07, 6.45) is 10.2. The smallest absolute Gasteiger partial charge is 0.262 e. The average molecular weight is 813 g/mol. The zero-order chi connectivity index (χ0) is 39.3. The van der Waals surface area contributed by atoms with Crippen molar-refractivity contribution in [1.29, 1.82) is 0 Å². The molecular weight excluding hydrogens is 750 g/mol. The fourth-order valence-corrected chi connectivity index (χ4v) is 10.0. The minimum absolute atomic E-state index is 0.149. The van der Waals surface area contributed by atoms with Crippen LogP contribution in [0.4, 0.5) is 0 Å². The van der Waals surface area contributed by atoms with Gasteiger partial charge in [-0.1, -0.05) is 50.1 Å². The number of aromatic nitrogens is 1. The number of benzene rings is 2. The number of halogens is 1. The van der Waals surface area contributed by atoms with Gasteiger partial charge in [0.05, 0.1) is 23.1 Å². The van der Waals surface area contributed by atoms with E-state index < -0.39 is 11.0 Å². The third-order valence-corrected chi connectivity index (χ3v) is 14.2. The number of aliphatic hydroxyl groups excluding tert-OH is 1. The van der Waals surface area contributed by atoms with Crippen molar-refractivity contribution < 1.29 is 18.8 Å². The van der Waals surface area contributed by atoms with Crippen molar-refractivity contribution in [1.82, 2.24) is 24.4 Å². The molecule has 4 aliphatic rings. The Balaban J connectivity index is 0.00000285. The summed E-state index contributed by atoms with van der Waals surface area (Å²) in [5, 5.41) is 9.75. The molecule has 12 heteroatoms. The molecule has 55 heavy (non-hydrogen) atoms. The molecule has 1 aliphatic carbocycles. The first-order valence-electron chi connectivity index (χ1n) is 20.0. The molecule has 0 spiro atoms. The minimum atomic E-state index is -1.50. The Labute approximate surface area is 341 Å². The number of hydrogen-bond acceptors (Lipinski definition) is 9. The Morgan fingerprint density at radius 2 is 1.78 bits per heavy atom. The standard InChI is InChI=1S/C42H58ClN5O3S2.CH4O/c1-5-7-33-22-37(43)13-17-40(33)36-24-46(4)23-35-12-16-41(35)34(25-47-18-20-48(21-19-47)26-38-28-52-29-44-38)9-6-8-30(2)31(3)53(50)45-42(49)32-10-14-39(15-11-32)51-27-36;1-2/h6,9-11,13-15,17,22,28-31,34-36,41H,5,7-8,12,16,18-21,23-27H2,1-4H3,(H,45,49);2H,1H3/b9-6+;. The zero-order valence-corrected chi connectivity index (χ0v) is 35.8. The number of aliphatic hydroxyl groups is 1. The quantitative estimate of drug-likeness (QED) is 0.241. The number of carbonyl (C=O) groups is 1. The zero-order valence-electron chi connectivity index (χ0n) is 33.4.